The molecule has 0 saturated heterocycles. The van der Waals surface area contributed by atoms with Gasteiger partial charge in [-0.2, -0.15) is 0 Å². The largest absolute Gasteiger partial charge is 0.481 e. The molecule has 224 valence electrons. The van der Waals surface area contributed by atoms with Crippen LogP contribution in [0.5, 0.6) is 0 Å². The molecule has 0 aromatic carbocycles. The normalized spacial score (nSPS) is 47.4. The van der Waals surface area contributed by atoms with E-state index in [2.05, 4.69) is 47.6 Å². The summed E-state index contributed by atoms with van der Waals surface area (Å²) in [7, 11) is 0. The van der Waals surface area contributed by atoms with Crippen LogP contribution >= 0.6 is 0 Å². The van der Waals surface area contributed by atoms with Gasteiger partial charge in [-0.15, -0.1) is 0 Å². The molecule has 5 aliphatic rings. The van der Waals surface area contributed by atoms with Crippen LogP contribution < -0.4 is 0 Å². The molecule has 5 aliphatic carbocycles. The van der Waals surface area contributed by atoms with E-state index in [1.54, 1.807) is 0 Å². The van der Waals surface area contributed by atoms with Crippen LogP contribution in [0.3, 0.4) is 0 Å². The third-order valence-corrected chi connectivity index (χ3v) is 13.5. The highest BCUT2D eigenvalue weighted by atomic mass is 16.6. The Morgan fingerprint density at radius 1 is 0.875 bits per heavy atom. The van der Waals surface area contributed by atoms with Crippen LogP contribution in [0.15, 0.2) is 11.6 Å². The van der Waals surface area contributed by atoms with E-state index in [1.807, 2.05) is 0 Å². The van der Waals surface area contributed by atoms with Crippen LogP contribution in [0.25, 0.3) is 0 Å². The first-order valence-electron chi connectivity index (χ1n) is 15.7. The number of hydrogen-bond acceptors (Lipinski definition) is 5. The Morgan fingerprint density at radius 2 is 1.55 bits per heavy atom. The monoisotopic (exact) mass is 556 g/mol. The number of aliphatic carboxylic acids is 1. The number of carbonyl (C=O) groups excluding carboxylic acids is 2. The van der Waals surface area contributed by atoms with E-state index < -0.39 is 16.8 Å². The van der Waals surface area contributed by atoms with Crippen LogP contribution in [0.1, 0.15) is 120 Å². The average molecular weight is 557 g/mol. The molecule has 0 aromatic rings. The Labute approximate surface area is 241 Å². The van der Waals surface area contributed by atoms with Crippen molar-refractivity contribution in [3.05, 3.63) is 11.6 Å². The molecule has 9 atom stereocenters. The third kappa shape index (κ3) is 4.04. The molecule has 0 amide bonds. The zero-order chi connectivity index (χ0) is 29.5. The SMILES string of the molecule is CC(=O)OCC1(C)C2CC[C@]3(C)[C@H](CC=C4[C@H]5CC(C)(C)CC[C@]5(C)CC[C@]43C(=O)O)[C@@]2(C)CC[C@H]1OC(C)=O. The fraction of sp³-hybridized carbons (Fsp3) is 0.853. The number of fused-ring (bicyclic) bond motifs is 7. The van der Waals surface area contributed by atoms with Crippen molar-refractivity contribution in [3.63, 3.8) is 0 Å². The molecular weight excluding hydrogens is 504 g/mol. The summed E-state index contributed by atoms with van der Waals surface area (Å²) in [5.41, 5.74) is -0.260. The molecule has 0 aliphatic heterocycles. The van der Waals surface area contributed by atoms with Crippen LogP contribution in [0, 0.1) is 50.2 Å². The number of hydrogen-bond donors (Lipinski definition) is 1. The number of carboxylic acids is 1. The minimum atomic E-state index is -0.847. The van der Waals surface area contributed by atoms with Crippen LogP contribution in [-0.2, 0) is 23.9 Å². The lowest BCUT2D eigenvalue weighted by Crippen LogP contribution is -2.67. The molecular formula is C34H52O6. The maximum absolute atomic E-state index is 13.7. The summed E-state index contributed by atoms with van der Waals surface area (Å²) in [6.45, 7) is 17.0. The van der Waals surface area contributed by atoms with E-state index in [0.29, 0.717) is 12.3 Å². The Bertz CT molecular complexity index is 1120. The zero-order valence-corrected chi connectivity index (χ0v) is 26.2. The second-order valence-electron chi connectivity index (χ2n) is 16.2. The predicted molar refractivity (Wildman–Crippen MR) is 153 cm³/mol. The van der Waals surface area contributed by atoms with Crippen molar-refractivity contribution in [1.29, 1.82) is 0 Å². The smallest absolute Gasteiger partial charge is 0.314 e. The van der Waals surface area contributed by atoms with Gasteiger partial charge in [-0.05, 0) is 104 Å². The van der Waals surface area contributed by atoms with Gasteiger partial charge in [-0.25, -0.2) is 0 Å². The molecule has 40 heavy (non-hydrogen) atoms. The Hall–Kier alpha value is -1.85. The quantitative estimate of drug-likeness (QED) is 0.288. The standard InChI is InChI=1S/C34H52O6/c1-21(35)39-20-32(7)25-11-14-33(8)26(31(25,6)13-12-27(32)40-22(2)36)10-9-23-24-19-29(3,4)15-16-30(24,5)17-18-34(23,33)28(37)38/h9,24-27H,10-20H2,1-8H3,(H,37,38)/t24-,25?,26-,27-,30-,31+,32?,33-,34-/m1/s1. The first-order valence-corrected chi connectivity index (χ1v) is 15.7. The van der Waals surface area contributed by atoms with Gasteiger partial charge in [-0.1, -0.05) is 53.2 Å². The summed E-state index contributed by atoms with van der Waals surface area (Å²) in [6.07, 6.45) is 11.3. The summed E-state index contributed by atoms with van der Waals surface area (Å²) >= 11 is 0. The fourth-order valence-electron chi connectivity index (χ4n) is 11.3. The molecule has 1 N–H and O–H groups in total. The molecule has 6 nitrogen and oxygen atoms in total. The van der Waals surface area contributed by atoms with Gasteiger partial charge in [0.05, 0.1) is 5.41 Å². The van der Waals surface area contributed by atoms with Gasteiger partial charge in [0.2, 0.25) is 0 Å². The second kappa shape index (κ2) is 9.33. The highest BCUT2D eigenvalue weighted by Crippen LogP contribution is 2.76. The molecule has 0 spiro atoms. The Kier molecular flexibility index (Phi) is 6.91. The lowest BCUT2D eigenvalue weighted by molar-refractivity contribution is -0.230. The van der Waals surface area contributed by atoms with Crippen LogP contribution in [-0.4, -0.2) is 35.7 Å². The predicted octanol–water partition coefficient (Wildman–Crippen LogP) is 7.35. The van der Waals surface area contributed by atoms with E-state index in [9.17, 15) is 19.5 Å². The van der Waals surface area contributed by atoms with Gasteiger partial charge in [0.25, 0.3) is 0 Å². The first kappa shape index (κ1) is 29.6. The third-order valence-electron chi connectivity index (χ3n) is 13.5. The second-order valence-corrected chi connectivity index (χ2v) is 16.2. The maximum atomic E-state index is 13.7. The number of rotatable bonds is 4. The van der Waals surface area contributed by atoms with Crippen molar-refractivity contribution in [1.82, 2.24) is 0 Å². The summed E-state index contributed by atoms with van der Waals surface area (Å²) in [5.74, 6) is -0.605. The van der Waals surface area contributed by atoms with Crippen molar-refractivity contribution in [2.75, 3.05) is 6.61 Å². The highest BCUT2D eigenvalue weighted by molar-refractivity contribution is 5.81. The highest BCUT2D eigenvalue weighted by Gasteiger charge is 2.72. The molecule has 0 aromatic heterocycles. The molecule has 4 fully saturated rings. The molecule has 4 saturated carbocycles. The number of carboxylic acid groups (broad SMARTS) is 1. The Morgan fingerprint density at radius 3 is 2.17 bits per heavy atom. The number of allylic oxidation sites excluding steroid dienone is 1. The van der Waals surface area contributed by atoms with Crippen LogP contribution in [0.4, 0.5) is 0 Å². The average Bonchev–Trinajstić information content (AvgIpc) is 2.84. The number of ether oxygens (including phenoxy) is 2. The molecule has 0 radical (unpaired) electrons. The van der Waals surface area contributed by atoms with E-state index in [-0.39, 0.29) is 58.1 Å². The van der Waals surface area contributed by atoms with Gasteiger partial charge in [0.15, 0.2) is 0 Å². The lowest BCUT2D eigenvalue weighted by Gasteiger charge is -2.70. The summed E-state index contributed by atoms with van der Waals surface area (Å²) in [6, 6.07) is 0. The van der Waals surface area contributed by atoms with Gasteiger partial charge in [0.1, 0.15) is 12.7 Å². The topological polar surface area (TPSA) is 89.9 Å². The van der Waals surface area contributed by atoms with Crippen LogP contribution in [0.2, 0.25) is 0 Å². The first-order chi connectivity index (χ1) is 18.5. The molecule has 2 unspecified atom stereocenters. The minimum Gasteiger partial charge on any atom is -0.481 e. The van der Waals surface area contributed by atoms with Crippen molar-refractivity contribution in [3.8, 4) is 0 Å². The fourth-order valence-corrected chi connectivity index (χ4v) is 11.3. The van der Waals surface area contributed by atoms with Crippen molar-refractivity contribution < 1.29 is 29.0 Å². The van der Waals surface area contributed by atoms with E-state index in [1.165, 1.54) is 32.3 Å². The van der Waals surface area contributed by atoms with E-state index in [4.69, 9.17) is 9.47 Å². The Balaban J connectivity index is 1.59. The maximum Gasteiger partial charge on any atom is 0.314 e. The van der Waals surface area contributed by atoms with Gasteiger partial charge in [-0.3, -0.25) is 14.4 Å². The number of esters is 2. The van der Waals surface area contributed by atoms with Crippen molar-refractivity contribution in [2.24, 2.45) is 50.2 Å². The summed E-state index contributed by atoms with van der Waals surface area (Å²) in [5, 5.41) is 11.2. The molecule has 0 bridgehead atoms. The zero-order valence-electron chi connectivity index (χ0n) is 26.2. The number of carbonyl (C=O) groups is 3. The minimum absolute atomic E-state index is 0.152. The van der Waals surface area contributed by atoms with Gasteiger partial charge in [0, 0.05) is 19.3 Å². The van der Waals surface area contributed by atoms with E-state index >= 15 is 0 Å². The van der Waals surface area contributed by atoms with Crippen molar-refractivity contribution >= 4 is 17.9 Å². The van der Waals surface area contributed by atoms with Gasteiger partial charge >= 0.3 is 17.9 Å². The summed E-state index contributed by atoms with van der Waals surface area (Å²) in [4.78, 5) is 37.7. The summed E-state index contributed by atoms with van der Waals surface area (Å²) < 4.78 is 11.5. The van der Waals surface area contributed by atoms with E-state index in [0.717, 1.165) is 44.9 Å². The molecule has 6 heteroatoms. The van der Waals surface area contributed by atoms with Gasteiger partial charge < -0.3 is 14.6 Å². The molecule has 0 heterocycles. The molecule has 5 rings (SSSR count). The van der Waals surface area contributed by atoms with Crippen molar-refractivity contribution in [2.45, 2.75) is 126 Å². The lowest BCUT2D eigenvalue weighted by atomic mass is 9.33.